The summed E-state index contributed by atoms with van der Waals surface area (Å²) in [7, 11) is 1.15. The fourth-order valence-corrected chi connectivity index (χ4v) is 1.27. The molecule has 0 heterocycles. The largest absolute Gasteiger partial charge is 0.504 e. The summed E-state index contributed by atoms with van der Waals surface area (Å²) >= 11 is 0. The van der Waals surface area contributed by atoms with Crippen molar-refractivity contribution >= 4 is 18.1 Å². The van der Waals surface area contributed by atoms with Crippen LogP contribution in [-0.4, -0.2) is 23.6 Å². The minimum Gasteiger partial charge on any atom is -0.504 e. The average Bonchev–Trinajstić information content (AvgIpc) is 2.27. The van der Waals surface area contributed by atoms with E-state index in [4.69, 9.17) is 5.73 Å². The highest BCUT2D eigenvalue weighted by Gasteiger charge is 2.26. The van der Waals surface area contributed by atoms with E-state index in [0.717, 1.165) is 19.2 Å². The predicted molar refractivity (Wildman–Crippen MR) is 61.5 cm³/mol. The van der Waals surface area contributed by atoms with Gasteiger partial charge in [0.25, 0.3) is 12.1 Å². The fourth-order valence-electron chi connectivity index (χ4n) is 1.27. The number of phenols is 1. The van der Waals surface area contributed by atoms with Gasteiger partial charge in [-0.15, -0.1) is 12.4 Å². The summed E-state index contributed by atoms with van der Waals surface area (Å²) in [5.41, 5.74) is 4.24. The van der Waals surface area contributed by atoms with Crippen molar-refractivity contribution < 1.29 is 23.5 Å². The molecule has 0 amide bonds. The molecular formula is C9H11ClF2N2O4. The molecule has 0 saturated heterocycles. The highest BCUT2D eigenvalue weighted by atomic mass is 35.5. The number of phenolic OH excluding ortho intramolecular Hbond substituents is 1. The zero-order chi connectivity index (χ0) is 13.2. The van der Waals surface area contributed by atoms with Crippen molar-refractivity contribution in [3.05, 3.63) is 27.8 Å². The van der Waals surface area contributed by atoms with Crippen LogP contribution in [0, 0.1) is 10.1 Å². The van der Waals surface area contributed by atoms with Crippen LogP contribution in [-0.2, 0) is 0 Å². The summed E-state index contributed by atoms with van der Waals surface area (Å²) in [6.07, 6.45) is -2.95. The zero-order valence-electron chi connectivity index (χ0n) is 9.17. The molecule has 9 heteroatoms. The molecule has 0 saturated carbocycles. The fraction of sp³-hybridized carbons (Fsp3) is 0.333. The number of non-ortho nitro benzene ring substituents is 1. The maximum Gasteiger partial charge on any atom is 0.273 e. The molecule has 6 nitrogen and oxygen atoms in total. The van der Waals surface area contributed by atoms with E-state index in [-0.39, 0.29) is 18.2 Å². The normalized spacial score (nSPS) is 11.8. The van der Waals surface area contributed by atoms with Crippen LogP contribution >= 0.6 is 12.4 Å². The van der Waals surface area contributed by atoms with E-state index in [1.165, 1.54) is 0 Å². The van der Waals surface area contributed by atoms with Crippen LogP contribution in [0.2, 0.25) is 0 Å². The number of halogens is 3. The molecular weight excluding hydrogens is 274 g/mol. The average molecular weight is 285 g/mol. The van der Waals surface area contributed by atoms with Crippen LogP contribution in [0.15, 0.2) is 12.1 Å². The third-order valence-corrected chi connectivity index (χ3v) is 2.15. The molecule has 18 heavy (non-hydrogen) atoms. The number of hydrogen-bond acceptors (Lipinski definition) is 5. The number of hydrogen-bond donors (Lipinski definition) is 2. The molecule has 1 aromatic carbocycles. The van der Waals surface area contributed by atoms with Gasteiger partial charge in [0, 0.05) is 11.6 Å². The number of rotatable bonds is 4. The number of nitrogens with two attached hydrogens (primary N) is 1. The van der Waals surface area contributed by atoms with Crippen molar-refractivity contribution in [2.24, 2.45) is 5.73 Å². The van der Waals surface area contributed by atoms with Gasteiger partial charge in [-0.25, -0.2) is 8.78 Å². The van der Waals surface area contributed by atoms with Crippen molar-refractivity contribution in [2.75, 3.05) is 7.11 Å². The number of alkyl halides is 2. The van der Waals surface area contributed by atoms with E-state index < -0.39 is 34.4 Å². The molecule has 0 unspecified atom stereocenters. The Bertz CT molecular complexity index is 445. The van der Waals surface area contributed by atoms with E-state index in [9.17, 15) is 24.0 Å². The SMILES string of the molecule is COc1cc([N+](=O)[O-])cc([C@@H](N)C(F)F)c1O.Cl. The second-order valence-corrected chi connectivity index (χ2v) is 3.20. The molecule has 0 spiro atoms. The predicted octanol–water partition coefficient (Wildman–Crippen LogP) is 2.00. The maximum atomic E-state index is 12.4. The third kappa shape index (κ3) is 3.17. The molecule has 0 radical (unpaired) electrons. The van der Waals surface area contributed by atoms with Gasteiger partial charge < -0.3 is 15.6 Å². The summed E-state index contributed by atoms with van der Waals surface area (Å²) < 4.78 is 29.5. The Morgan fingerprint density at radius 1 is 1.50 bits per heavy atom. The molecule has 102 valence electrons. The first kappa shape index (κ1) is 16.3. The number of methoxy groups -OCH3 is 1. The Morgan fingerprint density at radius 2 is 2.06 bits per heavy atom. The molecule has 0 aliphatic carbocycles. The number of ether oxygens (including phenoxy) is 1. The number of nitro benzene ring substituents is 1. The van der Waals surface area contributed by atoms with Crippen molar-refractivity contribution in [3.63, 3.8) is 0 Å². The molecule has 0 aromatic heterocycles. The summed E-state index contributed by atoms with van der Waals surface area (Å²) in [6.45, 7) is 0. The van der Waals surface area contributed by atoms with Gasteiger partial charge in [-0.05, 0) is 0 Å². The third-order valence-electron chi connectivity index (χ3n) is 2.15. The zero-order valence-corrected chi connectivity index (χ0v) is 9.99. The van der Waals surface area contributed by atoms with E-state index in [0.29, 0.717) is 0 Å². The molecule has 0 bridgehead atoms. The Hall–Kier alpha value is -1.67. The molecule has 3 N–H and O–H groups in total. The molecule has 1 aromatic rings. The number of benzene rings is 1. The lowest BCUT2D eigenvalue weighted by molar-refractivity contribution is -0.385. The van der Waals surface area contributed by atoms with Crippen LogP contribution in [0.1, 0.15) is 11.6 Å². The van der Waals surface area contributed by atoms with Gasteiger partial charge in [0.2, 0.25) is 0 Å². The van der Waals surface area contributed by atoms with Crippen LogP contribution < -0.4 is 10.5 Å². The second-order valence-electron chi connectivity index (χ2n) is 3.20. The lowest BCUT2D eigenvalue weighted by Crippen LogP contribution is -2.19. The van der Waals surface area contributed by atoms with Crippen molar-refractivity contribution in [2.45, 2.75) is 12.5 Å². The number of nitro groups is 1. The minimum absolute atomic E-state index is 0. The molecule has 0 aliphatic rings. The number of aromatic hydroxyl groups is 1. The Labute approximate surface area is 107 Å². The topological polar surface area (TPSA) is 98.6 Å². The van der Waals surface area contributed by atoms with Gasteiger partial charge in [0.05, 0.1) is 24.1 Å². The lowest BCUT2D eigenvalue weighted by atomic mass is 10.1. The number of nitrogens with zero attached hydrogens (tertiary/aromatic N) is 1. The van der Waals surface area contributed by atoms with Crippen LogP contribution in [0.3, 0.4) is 0 Å². The Kier molecular flexibility index (Phi) is 5.73. The van der Waals surface area contributed by atoms with Gasteiger partial charge in [-0.1, -0.05) is 0 Å². The summed E-state index contributed by atoms with van der Waals surface area (Å²) in [5, 5.41) is 20.1. The van der Waals surface area contributed by atoms with Gasteiger partial charge in [0.15, 0.2) is 11.5 Å². The minimum atomic E-state index is -2.95. The quantitative estimate of drug-likeness (QED) is 0.651. The van der Waals surface area contributed by atoms with E-state index in [2.05, 4.69) is 4.74 Å². The Morgan fingerprint density at radius 3 is 2.44 bits per heavy atom. The van der Waals surface area contributed by atoms with E-state index >= 15 is 0 Å². The second kappa shape index (κ2) is 6.31. The van der Waals surface area contributed by atoms with Gasteiger partial charge in [-0.2, -0.15) is 0 Å². The molecule has 1 atom stereocenters. The smallest absolute Gasteiger partial charge is 0.273 e. The summed E-state index contributed by atoms with van der Waals surface area (Å²) in [6, 6.07) is -0.0880. The first-order valence-corrected chi connectivity index (χ1v) is 4.47. The van der Waals surface area contributed by atoms with Crippen LogP contribution in [0.5, 0.6) is 11.5 Å². The lowest BCUT2D eigenvalue weighted by Gasteiger charge is -2.14. The van der Waals surface area contributed by atoms with Crippen LogP contribution in [0.25, 0.3) is 0 Å². The van der Waals surface area contributed by atoms with Gasteiger partial charge >= 0.3 is 0 Å². The van der Waals surface area contributed by atoms with Crippen molar-refractivity contribution in [1.82, 2.24) is 0 Å². The standard InChI is InChI=1S/C9H10F2N2O4.ClH/c1-17-6-3-4(13(15)16)2-5(8(6)14)7(12)9(10)11;/h2-3,7,9,14H,12H2,1H3;1H/t7-;/m1./s1. The van der Waals surface area contributed by atoms with Gasteiger partial charge in [0.1, 0.15) is 0 Å². The van der Waals surface area contributed by atoms with Gasteiger partial charge in [-0.3, -0.25) is 10.1 Å². The Balaban J connectivity index is 0.00000289. The molecule has 0 aliphatic heterocycles. The molecule has 0 fully saturated rings. The molecule has 1 rings (SSSR count). The van der Waals surface area contributed by atoms with Crippen molar-refractivity contribution in [1.29, 1.82) is 0 Å². The summed E-state index contributed by atoms with van der Waals surface area (Å²) in [5.74, 6) is -0.892. The van der Waals surface area contributed by atoms with Crippen LogP contribution in [0.4, 0.5) is 14.5 Å². The van der Waals surface area contributed by atoms with Crippen molar-refractivity contribution in [3.8, 4) is 11.5 Å². The van der Waals surface area contributed by atoms with E-state index in [1.807, 2.05) is 0 Å². The van der Waals surface area contributed by atoms with E-state index in [1.54, 1.807) is 0 Å². The highest BCUT2D eigenvalue weighted by Crippen LogP contribution is 2.38. The maximum absolute atomic E-state index is 12.4. The first-order valence-electron chi connectivity index (χ1n) is 4.47. The first-order chi connectivity index (χ1) is 7.88. The monoisotopic (exact) mass is 284 g/mol. The summed E-state index contributed by atoms with van der Waals surface area (Å²) in [4.78, 5) is 9.78. The highest BCUT2D eigenvalue weighted by molar-refractivity contribution is 5.85.